The van der Waals surface area contributed by atoms with Crippen molar-refractivity contribution in [2.75, 3.05) is 5.88 Å². The Morgan fingerprint density at radius 1 is 1.12 bits per heavy atom. The summed E-state index contributed by atoms with van der Waals surface area (Å²) < 4.78 is 0. The number of rotatable bonds is 3. The third kappa shape index (κ3) is 2.56. The van der Waals surface area contributed by atoms with Crippen molar-refractivity contribution in [1.82, 2.24) is 9.88 Å². The fraction of sp³-hybridized carbons (Fsp3) is 0.200. The zero-order valence-corrected chi connectivity index (χ0v) is 14.7. The van der Waals surface area contributed by atoms with Gasteiger partial charge >= 0.3 is 0 Å². The van der Waals surface area contributed by atoms with Gasteiger partial charge in [0, 0.05) is 23.0 Å². The number of para-hydroxylation sites is 1. The van der Waals surface area contributed by atoms with Gasteiger partial charge in [-0.3, -0.25) is 9.59 Å². The number of nitrogens with one attached hydrogen (secondary N) is 1. The van der Waals surface area contributed by atoms with Gasteiger partial charge in [0.1, 0.15) is 11.9 Å². The van der Waals surface area contributed by atoms with E-state index in [1.54, 1.807) is 0 Å². The van der Waals surface area contributed by atoms with E-state index in [0.29, 0.717) is 6.42 Å². The number of nitrogens with two attached hydrogens (primary N) is 1. The number of H-pyrrole nitrogens is 1. The van der Waals surface area contributed by atoms with Crippen LogP contribution in [-0.4, -0.2) is 33.6 Å². The van der Waals surface area contributed by atoms with Gasteiger partial charge in [0.2, 0.25) is 11.8 Å². The summed E-state index contributed by atoms with van der Waals surface area (Å²) in [5.74, 6) is -1.04. The van der Waals surface area contributed by atoms with Gasteiger partial charge in [-0.2, -0.15) is 0 Å². The number of halogens is 1. The van der Waals surface area contributed by atoms with Gasteiger partial charge in [-0.25, -0.2) is 0 Å². The van der Waals surface area contributed by atoms with E-state index < -0.39 is 18.0 Å². The Hall–Kier alpha value is -2.79. The molecule has 3 N–H and O–H groups in total. The summed E-state index contributed by atoms with van der Waals surface area (Å²) in [4.78, 5) is 29.8. The average Bonchev–Trinajstić information content (AvgIpc) is 3.04. The number of carbonyl (C=O) groups is 2. The molecule has 26 heavy (non-hydrogen) atoms. The first-order chi connectivity index (χ1) is 12.6. The molecule has 0 spiro atoms. The zero-order valence-electron chi connectivity index (χ0n) is 14.0. The summed E-state index contributed by atoms with van der Waals surface area (Å²) in [6.07, 6.45) is 0.376. The highest BCUT2D eigenvalue weighted by Crippen LogP contribution is 2.40. The lowest BCUT2D eigenvalue weighted by Crippen LogP contribution is -2.54. The number of nitrogens with zero attached hydrogens (tertiary/aromatic N) is 1. The number of hydrogen-bond acceptors (Lipinski definition) is 2. The Labute approximate surface area is 155 Å². The van der Waals surface area contributed by atoms with E-state index in [4.69, 9.17) is 17.3 Å². The predicted molar refractivity (Wildman–Crippen MR) is 101 cm³/mol. The quantitative estimate of drug-likeness (QED) is 0.698. The second-order valence-corrected chi connectivity index (χ2v) is 6.70. The lowest BCUT2D eigenvalue weighted by Gasteiger charge is -2.40. The van der Waals surface area contributed by atoms with Crippen LogP contribution in [0.5, 0.6) is 0 Å². The fourth-order valence-electron chi connectivity index (χ4n) is 3.87. The molecule has 3 aromatic rings. The summed E-state index contributed by atoms with van der Waals surface area (Å²) in [6.45, 7) is 0. The molecule has 1 aromatic heterocycles. The normalized spacial score (nSPS) is 19.3. The molecule has 0 aliphatic carbocycles. The van der Waals surface area contributed by atoms with Crippen molar-refractivity contribution in [3.8, 4) is 0 Å². The van der Waals surface area contributed by atoms with Crippen molar-refractivity contribution < 1.29 is 9.59 Å². The van der Waals surface area contributed by atoms with Gasteiger partial charge in [-0.15, -0.1) is 11.6 Å². The van der Waals surface area contributed by atoms with Gasteiger partial charge in [-0.1, -0.05) is 48.5 Å². The molecular formula is C20H18ClN3O2. The van der Waals surface area contributed by atoms with Crippen molar-refractivity contribution in [2.24, 2.45) is 5.73 Å². The van der Waals surface area contributed by atoms with Crippen LogP contribution in [0.2, 0.25) is 0 Å². The Balaban J connectivity index is 1.99. The third-order valence-electron chi connectivity index (χ3n) is 4.98. The molecule has 0 saturated carbocycles. The molecule has 2 atom stereocenters. The highest BCUT2D eigenvalue weighted by Gasteiger charge is 2.42. The van der Waals surface area contributed by atoms with Crippen LogP contribution in [0.15, 0.2) is 54.6 Å². The van der Waals surface area contributed by atoms with Crippen molar-refractivity contribution in [3.63, 3.8) is 0 Å². The van der Waals surface area contributed by atoms with E-state index in [1.165, 1.54) is 4.90 Å². The zero-order chi connectivity index (χ0) is 18.3. The van der Waals surface area contributed by atoms with Crippen LogP contribution in [-0.2, 0) is 16.0 Å². The molecule has 0 bridgehead atoms. The van der Waals surface area contributed by atoms with Gasteiger partial charge < -0.3 is 15.6 Å². The molecule has 2 unspecified atom stereocenters. The molecule has 132 valence electrons. The largest absolute Gasteiger partial charge is 0.368 e. The number of alkyl halides is 1. The van der Waals surface area contributed by atoms with Gasteiger partial charge in [0.15, 0.2) is 0 Å². The molecule has 1 aliphatic rings. The number of hydrogen-bond donors (Lipinski definition) is 2. The van der Waals surface area contributed by atoms with Crippen LogP contribution >= 0.6 is 11.6 Å². The number of primary amides is 1. The SMILES string of the molecule is NC(=O)C1Cc2c([nH]c3ccccc23)C(c2ccccc2)N1C(=O)CCl. The van der Waals surface area contributed by atoms with E-state index in [0.717, 1.165) is 27.7 Å². The van der Waals surface area contributed by atoms with Crippen molar-refractivity contribution >= 4 is 34.3 Å². The number of benzene rings is 2. The molecule has 2 heterocycles. The minimum absolute atomic E-state index is 0.206. The monoisotopic (exact) mass is 367 g/mol. The third-order valence-corrected chi connectivity index (χ3v) is 5.21. The maximum absolute atomic E-state index is 12.7. The molecule has 1 aliphatic heterocycles. The predicted octanol–water partition coefficient (Wildman–Crippen LogP) is 2.73. The van der Waals surface area contributed by atoms with E-state index in [9.17, 15) is 9.59 Å². The molecule has 0 radical (unpaired) electrons. The Morgan fingerprint density at radius 3 is 2.50 bits per heavy atom. The first-order valence-corrected chi connectivity index (χ1v) is 8.96. The van der Waals surface area contributed by atoms with Crippen molar-refractivity contribution in [3.05, 3.63) is 71.4 Å². The number of aromatic amines is 1. The average molecular weight is 368 g/mol. The van der Waals surface area contributed by atoms with E-state index in [1.807, 2.05) is 54.6 Å². The molecule has 6 heteroatoms. The molecule has 0 fully saturated rings. The van der Waals surface area contributed by atoms with Crippen LogP contribution in [0, 0.1) is 0 Å². The summed E-state index contributed by atoms with van der Waals surface area (Å²) in [6, 6.07) is 16.4. The summed E-state index contributed by atoms with van der Waals surface area (Å²) in [5.41, 5.74) is 9.49. The first-order valence-electron chi connectivity index (χ1n) is 8.42. The second kappa shape index (κ2) is 6.50. The highest BCUT2D eigenvalue weighted by molar-refractivity contribution is 6.27. The lowest BCUT2D eigenvalue weighted by molar-refractivity contribution is -0.140. The summed E-state index contributed by atoms with van der Waals surface area (Å²) in [5, 5.41) is 1.05. The van der Waals surface area contributed by atoms with Crippen molar-refractivity contribution in [1.29, 1.82) is 0 Å². The number of amides is 2. The maximum atomic E-state index is 12.7. The van der Waals surface area contributed by atoms with Gasteiger partial charge in [0.05, 0.1) is 6.04 Å². The van der Waals surface area contributed by atoms with Crippen LogP contribution in [0.4, 0.5) is 0 Å². The number of aromatic nitrogens is 1. The number of carbonyl (C=O) groups excluding carboxylic acids is 2. The summed E-state index contributed by atoms with van der Waals surface area (Å²) >= 11 is 5.86. The minimum atomic E-state index is -0.738. The lowest BCUT2D eigenvalue weighted by atomic mass is 9.87. The first kappa shape index (κ1) is 16.7. The molecule has 5 nitrogen and oxygen atoms in total. The smallest absolute Gasteiger partial charge is 0.240 e. The Morgan fingerprint density at radius 2 is 1.81 bits per heavy atom. The maximum Gasteiger partial charge on any atom is 0.240 e. The van der Waals surface area contributed by atoms with E-state index >= 15 is 0 Å². The number of fused-ring (bicyclic) bond motifs is 3. The topological polar surface area (TPSA) is 79.2 Å². The second-order valence-electron chi connectivity index (χ2n) is 6.43. The molecule has 2 aromatic carbocycles. The van der Waals surface area contributed by atoms with Gasteiger partial charge in [-0.05, 0) is 17.2 Å². The van der Waals surface area contributed by atoms with E-state index in [2.05, 4.69) is 4.98 Å². The minimum Gasteiger partial charge on any atom is -0.368 e. The van der Waals surface area contributed by atoms with Crippen LogP contribution in [0.1, 0.15) is 22.9 Å². The molecular weight excluding hydrogens is 350 g/mol. The highest BCUT2D eigenvalue weighted by atomic mass is 35.5. The standard InChI is InChI=1S/C20H18ClN3O2/c21-11-17(25)24-16(20(22)26)10-14-13-8-4-5-9-15(13)23-18(14)19(24)12-6-2-1-3-7-12/h1-9,16,19,23H,10-11H2,(H2,22,26). The van der Waals surface area contributed by atoms with Crippen LogP contribution in [0.3, 0.4) is 0 Å². The molecule has 0 saturated heterocycles. The van der Waals surface area contributed by atoms with Crippen molar-refractivity contribution in [2.45, 2.75) is 18.5 Å². The summed E-state index contributed by atoms with van der Waals surface area (Å²) in [7, 11) is 0. The van der Waals surface area contributed by atoms with Crippen LogP contribution in [0.25, 0.3) is 10.9 Å². The van der Waals surface area contributed by atoms with Gasteiger partial charge in [0.25, 0.3) is 0 Å². The molecule has 2 amide bonds. The van der Waals surface area contributed by atoms with E-state index in [-0.39, 0.29) is 11.8 Å². The Bertz CT molecular complexity index is 983. The van der Waals surface area contributed by atoms with Crippen LogP contribution < -0.4 is 5.73 Å². The fourth-order valence-corrected chi connectivity index (χ4v) is 4.01. The molecule has 4 rings (SSSR count). The Kier molecular flexibility index (Phi) is 4.17.